The molecule has 116 valence electrons. The summed E-state index contributed by atoms with van der Waals surface area (Å²) in [5, 5.41) is 5.69. The van der Waals surface area contributed by atoms with Gasteiger partial charge in [-0.15, -0.1) is 23.1 Å². The maximum atomic E-state index is 11.9. The van der Waals surface area contributed by atoms with E-state index in [4.69, 9.17) is 17.3 Å². The van der Waals surface area contributed by atoms with Gasteiger partial charge in [-0.25, -0.2) is 0 Å². The largest absolute Gasteiger partial charge is 0.366 e. The minimum atomic E-state index is -0.533. The van der Waals surface area contributed by atoms with Crippen LogP contribution in [0.25, 0.3) is 0 Å². The van der Waals surface area contributed by atoms with Gasteiger partial charge in [0.05, 0.1) is 5.56 Å². The molecule has 0 spiro atoms. The van der Waals surface area contributed by atoms with Gasteiger partial charge in [0, 0.05) is 16.3 Å². The van der Waals surface area contributed by atoms with Crippen molar-refractivity contribution in [1.82, 2.24) is 0 Å². The van der Waals surface area contributed by atoms with Gasteiger partial charge in [-0.05, 0) is 47.9 Å². The highest BCUT2D eigenvalue weighted by Crippen LogP contribution is 2.24. The average molecular weight is 355 g/mol. The number of thioether (sulfide) groups is 1. The number of thiophene rings is 1. The molecule has 3 N–H and O–H groups in total. The number of hydrogen-bond acceptors (Lipinski definition) is 4. The third-order valence-electron chi connectivity index (χ3n) is 2.81. The lowest BCUT2D eigenvalue weighted by Gasteiger charge is -2.05. The van der Waals surface area contributed by atoms with E-state index in [0.29, 0.717) is 22.0 Å². The number of benzene rings is 1. The van der Waals surface area contributed by atoms with Crippen LogP contribution in [0.15, 0.2) is 40.6 Å². The van der Waals surface area contributed by atoms with Gasteiger partial charge in [-0.3, -0.25) is 9.59 Å². The van der Waals surface area contributed by atoms with Crippen LogP contribution >= 0.6 is 34.7 Å². The number of amides is 2. The number of hydrogen-bond donors (Lipinski definition) is 2. The van der Waals surface area contributed by atoms with E-state index in [-0.39, 0.29) is 5.91 Å². The molecule has 0 unspecified atom stereocenters. The molecule has 0 aliphatic heterocycles. The fourth-order valence-corrected chi connectivity index (χ4v) is 3.53. The molecule has 0 radical (unpaired) electrons. The summed E-state index contributed by atoms with van der Waals surface area (Å²) in [6, 6.07) is 9.21. The molecule has 0 aliphatic carbocycles. The Morgan fingerprint density at radius 3 is 2.64 bits per heavy atom. The fourth-order valence-electron chi connectivity index (χ4n) is 1.74. The van der Waals surface area contributed by atoms with Gasteiger partial charge in [0.15, 0.2) is 0 Å². The summed E-state index contributed by atoms with van der Waals surface area (Å²) in [6.45, 7) is 0. The molecule has 0 saturated carbocycles. The van der Waals surface area contributed by atoms with Gasteiger partial charge in [0.2, 0.25) is 5.91 Å². The van der Waals surface area contributed by atoms with Crippen molar-refractivity contribution in [2.45, 2.75) is 17.7 Å². The Kier molecular flexibility index (Phi) is 6.30. The molecule has 0 fully saturated rings. The van der Waals surface area contributed by atoms with Crippen molar-refractivity contribution in [3.8, 4) is 0 Å². The van der Waals surface area contributed by atoms with Crippen LogP contribution in [0.5, 0.6) is 0 Å². The maximum absolute atomic E-state index is 11.9. The maximum Gasteiger partial charge on any atom is 0.251 e. The smallest absolute Gasteiger partial charge is 0.251 e. The van der Waals surface area contributed by atoms with Crippen molar-refractivity contribution in [3.63, 3.8) is 0 Å². The number of nitrogens with two attached hydrogens (primary N) is 1. The normalized spacial score (nSPS) is 10.4. The number of carbonyl (C=O) groups is 2. The minimum absolute atomic E-state index is 0.110. The van der Waals surface area contributed by atoms with E-state index < -0.39 is 5.91 Å². The van der Waals surface area contributed by atoms with Gasteiger partial charge in [0.1, 0.15) is 5.00 Å². The van der Waals surface area contributed by atoms with Crippen LogP contribution in [0.4, 0.5) is 5.00 Å². The first kappa shape index (κ1) is 16.9. The zero-order chi connectivity index (χ0) is 15.9. The van der Waals surface area contributed by atoms with Crippen LogP contribution in [0.3, 0.4) is 0 Å². The first-order valence-corrected chi connectivity index (χ1v) is 8.86. The van der Waals surface area contributed by atoms with Crippen molar-refractivity contribution in [3.05, 3.63) is 46.3 Å². The highest BCUT2D eigenvalue weighted by molar-refractivity contribution is 7.99. The Bertz CT molecular complexity index is 656. The van der Waals surface area contributed by atoms with E-state index in [0.717, 1.165) is 17.1 Å². The summed E-state index contributed by atoms with van der Waals surface area (Å²) >= 11 is 8.79. The fraction of sp³-hybridized carbons (Fsp3) is 0.200. The summed E-state index contributed by atoms with van der Waals surface area (Å²) < 4.78 is 0. The van der Waals surface area contributed by atoms with Crippen molar-refractivity contribution in [2.75, 3.05) is 11.1 Å². The Labute approximate surface area is 142 Å². The molecule has 1 aromatic heterocycles. The second kappa shape index (κ2) is 8.22. The Balaban J connectivity index is 1.73. The number of primary amides is 1. The van der Waals surface area contributed by atoms with Gasteiger partial charge in [-0.1, -0.05) is 11.6 Å². The van der Waals surface area contributed by atoms with E-state index in [1.54, 1.807) is 23.2 Å². The van der Waals surface area contributed by atoms with E-state index in [9.17, 15) is 9.59 Å². The molecule has 1 aromatic carbocycles. The predicted octanol–water partition coefficient (Wildman–Crippen LogP) is 4.01. The molecule has 0 aliphatic rings. The predicted molar refractivity (Wildman–Crippen MR) is 92.9 cm³/mol. The van der Waals surface area contributed by atoms with E-state index >= 15 is 0 Å². The minimum Gasteiger partial charge on any atom is -0.366 e. The number of rotatable bonds is 7. The molecular weight excluding hydrogens is 340 g/mol. The number of nitrogens with one attached hydrogen (secondary N) is 1. The van der Waals surface area contributed by atoms with Crippen LogP contribution in [0.1, 0.15) is 23.2 Å². The van der Waals surface area contributed by atoms with Crippen LogP contribution in [0.2, 0.25) is 5.02 Å². The number of halogens is 1. The molecule has 2 aromatic rings. The van der Waals surface area contributed by atoms with Crippen LogP contribution in [0, 0.1) is 0 Å². The quantitative estimate of drug-likeness (QED) is 0.582. The Morgan fingerprint density at radius 2 is 1.95 bits per heavy atom. The van der Waals surface area contributed by atoms with E-state index in [2.05, 4.69) is 5.32 Å². The standard InChI is InChI=1S/C15H15ClN2O2S2/c16-10-3-5-11(6-4-10)21-8-1-2-13(19)18-15-12(14(17)20)7-9-22-15/h3-7,9H,1-2,8H2,(H2,17,20)(H,18,19). The monoisotopic (exact) mass is 354 g/mol. The Morgan fingerprint density at radius 1 is 1.23 bits per heavy atom. The van der Waals surface area contributed by atoms with Crippen molar-refractivity contribution >= 4 is 51.5 Å². The van der Waals surface area contributed by atoms with Gasteiger partial charge in [0.25, 0.3) is 5.91 Å². The lowest BCUT2D eigenvalue weighted by Crippen LogP contribution is -2.16. The molecule has 2 rings (SSSR count). The van der Waals surface area contributed by atoms with Crippen molar-refractivity contribution in [2.24, 2.45) is 5.73 Å². The first-order valence-electron chi connectivity index (χ1n) is 6.62. The summed E-state index contributed by atoms with van der Waals surface area (Å²) in [5.41, 5.74) is 5.59. The molecule has 2 amide bonds. The third-order valence-corrected chi connectivity index (χ3v) is 4.99. The van der Waals surface area contributed by atoms with Gasteiger partial charge < -0.3 is 11.1 Å². The molecule has 0 saturated heterocycles. The zero-order valence-electron chi connectivity index (χ0n) is 11.7. The summed E-state index contributed by atoms with van der Waals surface area (Å²) in [6.07, 6.45) is 1.15. The van der Waals surface area contributed by atoms with E-state index in [1.807, 2.05) is 24.3 Å². The molecule has 4 nitrogen and oxygen atoms in total. The van der Waals surface area contributed by atoms with Crippen LogP contribution < -0.4 is 11.1 Å². The van der Waals surface area contributed by atoms with Crippen LogP contribution in [-0.4, -0.2) is 17.6 Å². The average Bonchev–Trinajstić information content (AvgIpc) is 2.94. The second-order valence-electron chi connectivity index (χ2n) is 4.48. The zero-order valence-corrected chi connectivity index (χ0v) is 14.1. The number of anilines is 1. The molecule has 1 heterocycles. The second-order valence-corrected chi connectivity index (χ2v) is 7.00. The van der Waals surface area contributed by atoms with Crippen molar-refractivity contribution in [1.29, 1.82) is 0 Å². The first-order chi connectivity index (χ1) is 10.6. The SMILES string of the molecule is NC(=O)c1ccsc1NC(=O)CCCSc1ccc(Cl)cc1. The molecule has 0 bridgehead atoms. The Hall–Kier alpha value is -1.50. The van der Waals surface area contributed by atoms with Gasteiger partial charge >= 0.3 is 0 Å². The van der Waals surface area contributed by atoms with E-state index in [1.165, 1.54) is 11.3 Å². The molecule has 0 atom stereocenters. The summed E-state index contributed by atoms with van der Waals surface area (Å²) in [7, 11) is 0. The number of carbonyl (C=O) groups excluding carboxylic acids is 2. The molecule has 22 heavy (non-hydrogen) atoms. The summed E-state index contributed by atoms with van der Waals surface area (Å²) in [5.74, 6) is 0.193. The highest BCUT2D eigenvalue weighted by atomic mass is 35.5. The van der Waals surface area contributed by atoms with Crippen LogP contribution in [-0.2, 0) is 4.79 Å². The lowest BCUT2D eigenvalue weighted by molar-refractivity contribution is -0.116. The van der Waals surface area contributed by atoms with Crippen molar-refractivity contribution < 1.29 is 9.59 Å². The summed E-state index contributed by atoms with van der Waals surface area (Å²) in [4.78, 5) is 24.2. The highest BCUT2D eigenvalue weighted by Gasteiger charge is 2.12. The topological polar surface area (TPSA) is 72.2 Å². The molecule has 7 heteroatoms. The molecular formula is C15H15ClN2O2S2. The third kappa shape index (κ3) is 5.05. The van der Waals surface area contributed by atoms with Gasteiger partial charge in [-0.2, -0.15) is 0 Å². The lowest BCUT2D eigenvalue weighted by atomic mass is 10.3.